The number of likely N-dealkylation sites (tertiary alicyclic amines) is 1. The SMILES string of the molecule is Cc1nc2ccccn2c1C(O)=C1C(=O)C(=O)N(Cc2cccnc2)C1c1cccc(Cl)c1. The summed E-state index contributed by atoms with van der Waals surface area (Å²) in [6.45, 7) is 1.90. The molecule has 0 saturated carbocycles. The van der Waals surface area contributed by atoms with Gasteiger partial charge in [0.1, 0.15) is 11.3 Å². The lowest BCUT2D eigenvalue weighted by Crippen LogP contribution is -2.29. The van der Waals surface area contributed by atoms with Gasteiger partial charge in [-0.25, -0.2) is 4.98 Å². The van der Waals surface area contributed by atoms with Crippen LogP contribution in [0.5, 0.6) is 0 Å². The van der Waals surface area contributed by atoms with Crippen molar-refractivity contribution in [1.29, 1.82) is 0 Å². The molecule has 1 saturated heterocycles. The van der Waals surface area contributed by atoms with Crippen molar-refractivity contribution in [2.75, 3.05) is 0 Å². The first-order valence-corrected chi connectivity index (χ1v) is 10.7. The molecule has 1 aliphatic rings. The molecule has 1 atom stereocenters. The maximum absolute atomic E-state index is 13.3. The maximum Gasteiger partial charge on any atom is 0.295 e. The third kappa shape index (κ3) is 3.56. The largest absolute Gasteiger partial charge is 0.505 e. The number of ketones is 1. The number of fused-ring (bicyclic) bond motifs is 1. The summed E-state index contributed by atoms with van der Waals surface area (Å²) in [5.41, 5.74) is 2.93. The number of amides is 1. The van der Waals surface area contributed by atoms with Crippen LogP contribution >= 0.6 is 11.6 Å². The van der Waals surface area contributed by atoms with E-state index < -0.39 is 17.7 Å². The second kappa shape index (κ2) is 8.18. The summed E-state index contributed by atoms with van der Waals surface area (Å²) < 4.78 is 1.70. The number of benzene rings is 1. The molecule has 0 bridgehead atoms. The monoisotopic (exact) mass is 458 g/mol. The average molecular weight is 459 g/mol. The molecular weight excluding hydrogens is 440 g/mol. The van der Waals surface area contributed by atoms with Crippen LogP contribution in [-0.2, 0) is 16.1 Å². The smallest absolute Gasteiger partial charge is 0.295 e. The van der Waals surface area contributed by atoms with E-state index in [0.29, 0.717) is 27.6 Å². The molecule has 7 nitrogen and oxygen atoms in total. The number of aryl methyl sites for hydroxylation is 1. The predicted molar refractivity (Wildman–Crippen MR) is 123 cm³/mol. The number of nitrogens with zero attached hydrogens (tertiary/aromatic N) is 4. The molecule has 0 radical (unpaired) electrons. The average Bonchev–Trinajstić information content (AvgIpc) is 3.28. The highest BCUT2D eigenvalue weighted by Gasteiger charge is 2.46. The van der Waals surface area contributed by atoms with Crippen LogP contribution in [0.1, 0.15) is 28.6 Å². The van der Waals surface area contributed by atoms with Gasteiger partial charge in [0.2, 0.25) is 0 Å². The van der Waals surface area contributed by atoms with Gasteiger partial charge in [-0.3, -0.25) is 19.0 Å². The van der Waals surface area contributed by atoms with E-state index in [1.54, 1.807) is 72.4 Å². The summed E-state index contributed by atoms with van der Waals surface area (Å²) in [6.07, 6.45) is 5.03. The number of hydrogen-bond donors (Lipinski definition) is 1. The Bertz CT molecular complexity index is 1430. The summed E-state index contributed by atoms with van der Waals surface area (Å²) in [7, 11) is 0. The Balaban J connectivity index is 1.73. The number of rotatable bonds is 4. The fraction of sp³-hybridized carbons (Fsp3) is 0.120. The first-order valence-electron chi connectivity index (χ1n) is 10.3. The number of aliphatic hydroxyl groups is 1. The van der Waals surface area contributed by atoms with Gasteiger partial charge in [0.15, 0.2) is 5.76 Å². The van der Waals surface area contributed by atoms with Crippen molar-refractivity contribution in [3.05, 3.63) is 106 Å². The summed E-state index contributed by atoms with van der Waals surface area (Å²) in [4.78, 5) is 36.5. The highest BCUT2D eigenvalue weighted by atomic mass is 35.5. The minimum absolute atomic E-state index is 0.0000833. The van der Waals surface area contributed by atoms with E-state index in [-0.39, 0.29) is 17.9 Å². The lowest BCUT2D eigenvalue weighted by molar-refractivity contribution is -0.140. The molecule has 1 aromatic carbocycles. The number of carbonyl (C=O) groups is 2. The Morgan fingerprint density at radius 3 is 2.73 bits per heavy atom. The lowest BCUT2D eigenvalue weighted by Gasteiger charge is -2.25. The molecular formula is C25H19ClN4O3. The Kier molecular flexibility index (Phi) is 5.18. The molecule has 0 spiro atoms. The molecule has 1 fully saturated rings. The van der Waals surface area contributed by atoms with E-state index in [1.807, 2.05) is 12.1 Å². The predicted octanol–water partition coefficient (Wildman–Crippen LogP) is 4.31. The first-order chi connectivity index (χ1) is 16.0. The molecule has 8 heteroatoms. The molecule has 33 heavy (non-hydrogen) atoms. The Morgan fingerprint density at radius 1 is 1.12 bits per heavy atom. The van der Waals surface area contributed by atoms with Crippen molar-refractivity contribution in [3.8, 4) is 0 Å². The van der Waals surface area contributed by atoms with Gasteiger partial charge in [-0.05, 0) is 48.4 Å². The molecule has 164 valence electrons. The molecule has 4 heterocycles. The molecule has 0 aliphatic carbocycles. The zero-order valence-corrected chi connectivity index (χ0v) is 18.4. The number of imidazole rings is 1. The van der Waals surface area contributed by atoms with Crippen LogP contribution in [0.3, 0.4) is 0 Å². The highest BCUT2D eigenvalue weighted by Crippen LogP contribution is 2.41. The summed E-state index contributed by atoms with van der Waals surface area (Å²) in [6, 6.07) is 15.2. The molecule has 3 aromatic heterocycles. The second-order valence-electron chi connectivity index (χ2n) is 7.82. The first kappa shape index (κ1) is 20.9. The highest BCUT2D eigenvalue weighted by molar-refractivity contribution is 6.46. The molecule has 1 aliphatic heterocycles. The van der Waals surface area contributed by atoms with Crippen LogP contribution in [0.25, 0.3) is 11.4 Å². The number of pyridine rings is 2. The van der Waals surface area contributed by atoms with E-state index >= 15 is 0 Å². The summed E-state index contributed by atoms with van der Waals surface area (Å²) in [5.74, 6) is -1.73. The zero-order chi connectivity index (χ0) is 23.1. The van der Waals surface area contributed by atoms with Gasteiger partial charge in [-0.2, -0.15) is 0 Å². The summed E-state index contributed by atoms with van der Waals surface area (Å²) >= 11 is 6.24. The lowest BCUT2D eigenvalue weighted by atomic mass is 9.96. The van der Waals surface area contributed by atoms with Crippen molar-refractivity contribution < 1.29 is 14.7 Å². The van der Waals surface area contributed by atoms with Crippen molar-refractivity contribution in [2.45, 2.75) is 19.5 Å². The Hall–Kier alpha value is -3.97. The van der Waals surface area contributed by atoms with E-state index in [9.17, 15) is 14.7 Å². The molecule has 4 aromatic rings. The van der Waals surface area contributed by atoms with Crippen LogP contribution in [0.2, 0.25) is 5.02 Å². The quantitative estimate of drug-likeness (QED) is 0.279. The third-order valence-corrected chi connectivity index (χ3v) is 5.94. The maximum atomic E-state index is 13.3. The number of aliphatic hydroxyl groups excluding tert-OH is 1. The van der Waals surface area contributed by atoms with Gasteiger partial charge < -0.3 is 10.0 Å². The van der Waals surface area contributed by atoms with Gasteiger partial charge in [-0.1, -0.05) is 35.9 Å². The van der Waals surface area contributed by atoms with Crippen LogP contribution in [0, 0.1) is 6.92 Å². The minimum Gasteiger partial charge on any atom is -0.505 e. The van der Waals surface area contributed by atoms with Gasteiger partial charge in [0.05, 0.1) is 17.3 Å². The fourth-order valence-corrected chi connectivity index (χ4v) is 4.48. The van der Waals surface area contributed by atoms with E-state index in [0.717, 1.165) is 5.56 Å². The van der Waals surface area contributed by atoms with Crippen molar-refractivity contribution in [3.63, 3.8) is 0 Å². The molecule has 1 amide bonds. The van der Waals surface area contributed by atoms with Crippen molar-refractivity contribution in [2.24, 2.45) is 0 Å². The minimum atomic E-state index is -0.822. The van der Waals surface area contributed by atoms with Crippen LogP contribution in [0.15, 0.2) is 78.8 Å². The number of aromatic nitrogens is 3. The molecule has 1 N–H and O–H groups in total. The Morgan fingerprint density at radius 2 is 1.97 bits per heavy atom. The van der Waals surface area contributed by atoms with Gasteiger partial charge in [-0.15, -0.1) is 0 Å². The second-order valence-corrected chi connectivity index (χ2v) is 8.25. The van der Waals surface area contributed by atoms with E-state index in [4.69, 9.17) is 11.6 Å². The number of carbonyl (C=O) groups excluding carboxylic acids is 2. The molecule has 5 rings (SSSR count). The standard InChI is InChI=1S/C25H19ClN4O3/c1-15-21(29-11-3-2-9-19(29)28-15)23(31)20-22(17-7-4-8-18(26)12-17)30(25(33)24(20)32)14-16-6-5-10-27-13-16/h2-13,22,31H,14H2,1H3. The van der Waals surface area contributed by atoms with Gasteiger partial charge in [0, 0.05) is 30.2 Å². The number of Topliss-reactive ketones (excluding diaryl/α,β-unsaturated/α-hetero) is 1. The number of halogens is 1. The van der Waals surface area contributed by atoms with Crippen LogP contribution in [0.4, 0.5) is 0 Å². The van der Waals surface area contributed by atoms with Crippen molar-refractivity contribution in [1.82, 2.24) is 19.3 Å². The van der Waals surface area contributed by atoms with Gasteiger partial charge in [0.25, 0.3) is 11.7 Å². The molecule has 1 unspecified atom stereocenters. The fourth-order valence-electron chi connectivity index (χ4n) is 4.28. The zero-order valence-electron chi connectivity index (χ0n) is 17.6. The normalized spacial score (nSPS) is 17.8. The van der Waals surface area contributed by atoms with Gasteiger partial charge >= 0.3 is 0 Å². The van der Waals surface area contributed by atoms with E-state index in [1.165, 1.54) is 4.90 Å². The number of hydrogen-bond acceptors (Lipinski definition) is 5. The summed E-state index contributed by atoms with van der Waals surface area (Å²) in [5, 5.41) is 11.9. The topological polar surface area (TPSA) is 87.8 Å². The van der Waals surface area contributed by atoms with Crippen molar-refractivity contribution >= 4 is 34.7 Å². The van der Waals surface area contributed by atoms with Crippen LogP contribution in [-0.4, -0.2) is 36.1 Å². The van der Waals surface area contributed by atoms with Crippen LogP contribution < -0.4 is 0 Å². The van der Waals surface area contributed by atoms with E-state index in [2.05, 4.69) is 9.97 Å². The Labute approximate surface area is 194 Å². The third-order valence-electron chi connectivity index (χ3n) is 5.71.